The maximum absolute atomic E-state index is 12.3. The van der Waals surface area contributed by atoms with Crippen LogP contribution in [-0.2, 0) is 10.0 Å². The second kappa shape index (κ2) is 5.66. The highest BCUT2D eigenvalue weighted by Gasteiger charge is 2.19. The van der Waals surface area contributed by atoms with Crippen molar-refractivity contribution in [2.45, 2.75) is 4.90 Å². The molecule has 1 N–H and O–H groups in total. The van der Waals surface area contributed by atoms with E-state index in [4.69, 9.17) is 11.6 Å². The normalized spacial score (nSPS) is 11.3. The fourth-order valence-corrected chi connectivity index (χ4v) is 2.79. The Hall–Kier alpha value is -2.59. The average molecular weight is 338 g/mol. The molecule has 0 saturated carbocycles. The van der Waals surface area contributed by atoms with Gasteiger partial charge in [0, 0.05) is 24.8 Å². The fraction of sp³-hybridized carbons (Fsp3) is 0. The van der Waals surface area contributed by atoms with Gasteiger partial charge >= 0.3 is 0 Å². The summed E-state index contributed by atoms with van der Waals surface area (Å²) in [6.45, 7) is 0. The van der Waals surface area contributed by atoms with Crippen LogP contribution in [0.15, 0.2) is 48.1 Å². The predicted octanol–water partition coefficient (Wildman–Crippen LogP) is 0.906. The Morgan fingerprint density at radius 3 is 2.64 bits per heavy atom. The summed E-state index contributed by atoms with van der Waals surface area (Å²) in [5.41, 5.74) is 0. The Bertz CT molecular complexity index is 898. The average Bonchev–Trinajstić information content (AvgIpc) is 2.95. The van der Waals surface area contributed by atoms with E-state index in [0.717, 1.165) is 4.68 Å². The van der Waals surface area contributed by atoms with Gasteiger partial charge in [0.05, 0.1) is 5.02 Å². The Kier molecular flexibility index (Phi) is 3.69. The molecular formula is C11H8ClN7O2S. The van der Waals surface area contributed by atoms with E-state index < -0.39 is 10.0 Å². The summed E-state index contributed by atoms with van der Waals surface area (Å²) in [6, 6.07) is 2.90. The first-order valence-electron chi connectivity index (χ1n) is 5.87. The van der Waals surface area contributed by atoms with Gasteiger partial charge in [-0.1, -0.05) is 11.6 Å². The Labute approximate surface area is 130 Å². The van der Waals surface area contributed by atoms with Crippen LogP contribution >= 0.6 is 11.6 Å². The molecule has 9 nitrogen and oxygen atoms in total. The number of nitrogens with zero attached hydrogens (tertiary/aromatic N) is 6. The molecule has 0 fully saturated rings. The van der Waals surface area contributed by atoms with Gasteiger partial charge in [-0.2, -0.15) is 14.8 Å². The summed E-state index contributed by atoms with van der Waals surface area (Å²) in [7, 11) is -3.91. The highest BCUT2D eigenvalue weighted by Crippen LogP contribution is 2.17. The number of anilines is 1. The molecule has 0 bridgehead atoms. The third kappa shape index (κ3) is 2.87. The van der Waals surface area contributed by atoms with Gasteiger partial charge in [-0.05, 0) is 12.1 Å². The topological polar surface area (TPSA) is 116 Å². The molecule has 0 aliphatic carbocycles. The lowest BCUT2D eigenvalue weighted by atomic mass is 10.5. The van der Waals surface area contributed by atoms with Gasteiger partial charge in [-0.25, -0.2) is 23.1 Å². The summed E-state index contributed by atoms with van der Waals surface area (Å²) >= 11 is 5.75. The summed E-state index contributed by atoms with van der Waals surface area (Å²) in [4.78, 5) is 15.5. The molecule has 0 radical (unpaired) electrons. The van der Waals surface area contributed by atoms with Gasteiger partial charge in [0.25, 0.3) is 16.0 Å². The van der Waals surface area contributed by atoms with Crippen LogP contribution in [0.3, 0.4) is 0 Å². The molecular weight excluding hydrogens is 330 g/mol. The zero-order valence-corrected chi connectivity index (χ0v) is 12.4. The summed E-state index contributed by atoms with van der Waals surface area (Å²) in [5.74, 6) is 0.132. The van der Waals surface area contributed by atoms with E-state index in [1.54, 1.807) is 6.07 Å². The first-order valence-corrected chi connectivity index (χ1v) is 7.73. The van der Waals surface area contributed by atoms with Gasteiger partial charge in [-0.3, -0.25) is 4.98 Å². The van der Waals surface area contributed by atoms with Gasteiger partial charge in [0.2, 0.25) is 5.95 Å². The molecule has 0 unspecified atom stereocenters. The number of rotatable bonds is 4. The molecule has 3 aromatic rings. The Morgan fingerprint density at radius 2 is 1.91 bits per heavy atom. The predicted molar refractivity (Wildman–Crippen MR) is 77.0 cm³/mol. The molecule has 3 heterocycles. The second-order valence-electron chi connectivity index (χ2n) is 3.99. The monoisotopic (exact) mass is 337 g/mol. The number of halogens is 1. The lowest BCUT2D eigenvalue weighted by Gasteiger charge is -2.07. The van der Waals surface area contributed by atoms with E-state index in [9.17, 15) is 8.42 Å². The molecule has 112 valence electrons. The van der Waals surface area contributed by atoms with Crippen molar-refractivity contribution in [1.82, 2.24) is 29.7 Å². The van der Waals surface area contributed by atoms with Gasteiger partial charge < -0.3 is 0 Å². The highest BCUT2D eigenvalue weighted by molar-refractivity contribution is 7.92. The van der Waals surface area contributed by atoms with Crippen molar-refractivity contribution < 1.29 is 8.42 Å². The standard InChI is InChI=1S/C11H8ClN7O2S/c12-8-4-9(6-13-5-8)22(20,21)18-11-16-7-17-19(11)10-14-2-1-3-15-10/h1-7H,(H,16,17,18). The van der Waals surface area contributed by atoms with Crippen LogP contribution in [0, 0.1) is 0 Å². The first kappa shape index (κ1) is 14.4. The first-order chi connectivity index (χ1) is 10.6. The van der Waals surface area contributed by atoms with Gasteiger partial charge in [0.15, 0.2) is 0 Å². The minimum Gasteiger partial charge on any atom is -0.262 e. The van der Waals surface area contributed by atoms with E-state index in [0.29, 0.717) is 0 Å². The molecule has 22 heavy (non-hydrogen) atoms. The second-order valence-corrected chi connectivity index (χ2v) is 6.11. The van der Waals surface area contributed by atoms with E-state index in [-0.39, 0.29) is 21.8 Å². The van der Waals surface area contributed by atoms with Crippen LogP contribution in [0.5, 0.6) is 0 Å². The van der Waals surface area contributed by atoms with Crippen molar-refractivity contribution in [2.24, 2.45) is 0 Å². The zero-order chi connectivity index (χ0) is 15.6. The van der Waals surface area contributed by atoms with Crippen molar-refractivity contribution in [3.63, 3.8) is 0 Å². The lowest BCUT2D eigenvalue weighted by molar-refractivity contribution is 0.600. The van der Waals surface area contributed by atoms with Gasteiger partial charge in [-0.15, -0.1) is 0 Å². The van der Waals surface area contributed by atoms with E-state index >= 15 is 0 Å². The van der Waals surface area contributed by atoms with Crippen LogP contribution in [-0.4, -0.2) is 38.1 Å². The van der Waals surface area contributed by atoms with Crippen molar-refractivity contribution in [2.75, 3.05) is 4.72 Å². The molecule has 11 heteroatoms. The van der Waals surface area contributed by atoms with E-state index in [1.807, 2.05) is 0 Å². The number of sulfonamides is 1. The summed E-state index contributed by atoms with van der Waals surface area (Å²) < 4.78 is 28.1. The molecule has 0 aromatic carbocycles. The smallest absolute Gasteiger partial charge is 0.262 e. The maximum atomic E-state index is 12.3. The highest BCUT2D eigenvalue weighted by atomic mass is 35.5. The van der Waals surface area contributed by atoms with Crippen LogP contribution in [0.1, 0.15) is 0 Å². The lowest BCUT2D eigenvalue weighted by Crippen LogP contribution is -2.17. The Balaban J connectivity index is 1.96. The van der Waals surface area contributed by atoms with Crippen molar-refractivity contribution in [1.29, 1.82) is 0 Å². The minimum atomic E-state index is -3.91. The van der Waals surface area contributed by atoms with Gasteiger partial charge in [0.1, 0.15) is 11.2 Å². The fourth-order valence-electron chi connectivity index (χ4n) is 1.58. The summed E-state index contributed by atoms with van der Waals surface area (Å²) in [6.07, 6.45) is 6.70. The molecule has 3 rings (SSSR count). The zero-order valence-electron chi connectivity index (χ0n) is 10.8. The van der Waals surface area contributed by atoms with E-state index in [1.165, 1.54) is 37.2 Å². The van der Waals surface area contributed by atoms with Crippen molar-refractivity contribution in [3.05, 3.63) is 48.3 Å². The number of nitrogens with one attached hydrogen (secondary N) is 1. The van der Waals surface area contributed by atoms with Crippen molar-refractivity contribution >= 4 is 27.6 Å². The maximum Gasteiger partial charge on any atom is 0.265 e. The molecule has 0 aliphatic heterocycles. The molecule has 0 atom stereocenters. The number of pyridine rings is 1. The molecule has 0 amide bonds. The van der Waals surface area contributed by atoms with Crippen LogP contribution in [0.4, 0.5) is 5.95 Å². The third-order valence-corrected chi connectivity index (χ3v) is 4.01. The quantitative estimate of drug-likeness (QED) is 0.752. The molecule has 0 aliphatic rings. The molecule has 0 saturated heterocycles. The SMILES string of the molecule is O=S(=O)(Nc1ncnn1-c1ncccn1)c1cncc(Cl)c1. The number of aromatic nitrogens is 6. The van der Waals surface area contributed by atoms with Crippen molar-refractivity contribution in [3.8, 4) is 5.95 Å². The van der Waals surface area contributed by atoms with Crippen LogP contribution in [0.2, 0.25) is 5.02 Å². The Morgan fingerprint density at radius 1 is 1.14 bits per heavy atom. The molecule has 0 spiro atoms. The third-order valence-electron chi connectivity index (χ3n) is 2.51. The van der Waals surface area contributed by atoms with E-state index in [2.05, 4.69) is 29.8 Å². The summed E-state index contributed by atoms with van der Waals surface area (Å²) in [5, 5.41) is 4.10. The number of hydrogen-bond acceptors (Lipinski definition) is 7. The molecule has 3 aromatic heterocycles. The van der Waals surface area contributed by atoms with Crippen LogP contribution in [0.25, 0.3) is 5.95 Å². The largest absolute Gasteiger partial charge is 0.265 e. The number of hydrogen-bond donors (Lipinski definition) is 1. The van der Waals surface area contributed by atoms with Crippen LogP contribution < -0.4 is 4.72 Å². The minimum absolute atomic E-state index is 0.0498.